The lowest BCUT2D eigenvalue weighted by Crippen LogP contribution is -2.25. The lowest BCUT2D eigenvalue weighted by Gasteiger charge is -2.17. The van der Waals surface area contributed by atoms with Gasteiger partial charge in [-0.05, 0) is 23.8 Å². The summed E-state index contributed by atoms with van der Waals surface area (Å²) in [5.74, 6) is 1.08. The van der Waals surface area contributed by atoms with Gasteiger partial charge in [-0.3, -0.25) is 4.79 Å². The summed E-state index contributed by atoms with van der Waals surface area (Å²) >= 11 is 4.21. The van der Waals surface area contributed by atoms with Crippen LogP contribution in [0.2, 0.25) is 0 Å². The maximum absolute atomic E-state index is 11.8. The maximum Gasteiger partial charge on any atom is 0.227 e. The minimum Gasteiger partial charge on any atom is -0.311 e. The Morgan fingerprint density at radius 2 is 2.25 bits per heavy atom. The van der Waals surface area contributed by atoms with Gasteiger partial charge in [-0.2, -0.15) is 17.9 Å². The summed E-state index contributed by atoms with van der Waals surface area (Å²) in [7, 11) is 0. The second kappa shape index (κ2) is 4.58. The summed E-state index contributed by atoms with van der Waals surface area (Å²) in [6.07, 6.45) is 0.531. The smallest absolute Gasteiger partial charge is 0.227 e. The van der Waals surface area contributed by atoms with E-state index in [4.69, 9.17) is 5.26 Å². The van der Waals surface area contributed by atoms with Crippen molar-refractivity contribution in [3.63, 3.8) is 0 Å². The first kappa shape index (κ1) is 11.0. The molecule has 82 valence electrons. The van der Waals surface area contributed by atoms with E-state index >= 15 is 0 Å². The van der Waals surface area contributed by atoms with Crippen LogP contribution < -0.4 is 4.90 Å². The van der Waals surface area contributed by atoms with Crippen molar-refractivity contribution >= 4 is 24.2 Å². The van der Waals surface area contributed by atoms with E-state index in [9.17, 15) is 4.79 Å². The van der Waals surface area contributed by atoms with Crippen molar-refractivity contribution in [3.05, 3.63) is 29.8 Å². The normalized spacial score (nSPS) is 19.9. The van der Waals surface area contributed by atoms with E-state index in [-0.39, 0.29) is 5.91 Å². The molecule has 1 atom stereocenters. The van der Waals surface area contributed by atoms with Crippen LogP contribution in [-0.4, -0.2) is 18.2 Å². The highest BCUT2D eigenvalue weighted by atomic mass is 32.1. The fourth-order valence-corrected chi connectivity index (χ4v) is 2.18. The monoisotopic (exact) mass is 232 g/mol. The van der Waals surface area contributed by atoms with Gasteiger partial charge in [-0.25, -0.2) is 0 Å². The van der Waals surface area contributed by atoms with E-state index in [1.807, 2.05) is 12.1 Å². The Morgan fingerprint density at radius 3 is 2.88 bits per heavy atom. The molecular weight excluding hydrogens is 220 g/mol. The molecule has 1 fully saturated rings. The molecule has 1 unspecified atom stereocenters. The number of hydrogen-bond donors (Lipinski definition) is 1. The molecule has 1 amide bonds. The number of hydrogen-bond acceptors (Lipinski definition) is 3. The largest absolute Gasteiger partial charge is 0.311 e. The highest BCUT2D eigenvalue weighted by Gasteiger charge is 2.30. The highest BCUT2D eigenvalue weighted by Crippen LogP contribution is 2.27. The van der Waals surface area contributed by atoms with Gasteiger partial charge in [0, 0.05) is 13.0 Å². The molecule has 1 heterocycles. The molecule has 2 rings (SSSR count). The number of thiol groups is 1. The lowest BCUT2D eigenvalue weighted by molar-refractivity contribution is -0.117. The van der Waals surface area contributed by atoms with Gasteiger partial charge in [-0.1, -0.05) is 12.1 Å². The van der Waals surface area contributed by atoms with Gasteiger partial charge in [0.25, 0.3) is 0 Å². The molecule has 1 saturated heterocycles. The predicted molar refractivity (Wildman–Crippen MR) is 65.5 cm³/mol. The number of rotatable bonds is 2. The molecule has 0 saturated carbocycles. The van der Waals surface area contributed by atoms with Gasteiger partial charge >= 0.3 is 0 Å². The molecule has 0 N–H and O–H groups in total. The number of nitriles is 1. The maximum atomic E-state index is 11.8. The van der Waals surface area contributed by atoms with Crippen molar-refractivity contribution in [1.29, 1.82) is 5.26 Å². The first-order chi connectivity index (χ1) is 7.76. The number of nitrogens with zero attached hydrogens (tertiary/aromatic N) is 2. The number of benzene rings is 1. The Balaban J connectivity index is 2.32. The highest BCUT2D eigenvalue weighted by molar-refractivity contribution is 7.80. The van der Waals surface area contributed by atoms with Gasteiger partial charge in [-0.15, -0.1) is 0 Å². The number of anilines is 1. The molecule has 4 heteroatoms. The van der Waals surface area contributed by atoms with Crippen molar-refractivity contribution < 1.29 is 4.79 Å². The molecule has 3 nitrogen and oxygen atoms in total. The summed E-state index contributed by atoms with van der Waals surface area (Å²) in [5.41, 5.74) is 1.27. The molecule has 1 aliphatic rings. The molecule has 0 bridgehead atoms. The topological polar surface area (TPSA) is 44.1 Å². The molecule has 1 aromatic rings. The average Bonchev–Trinajstić information content (AvgIpc) is 2.70. The van der Waals surface area contributed by atoms with Crippen LogP contribution >= 0.6 is 12.6 Å². The van der Waals surface area contributed by atoms with E-state index in [0.29, 0.717) is 30.2 Å². The summed E-state index contributed by atoms with van der Waals surface area (Å²) in [6.45, 7) is 0.668. The summed E-state index contributed by atoms with van der Waals surface area (Å²) in [4.78, 5) is 13.5. The van der Waals surface area contributed by atoms with Crippen LogP contribution in [0.25, 0.3) is 0 Å². The van der Waals surface area contributed by atoms with Gasteiger partial charge in [0.2, 0.25) is 5.91 Å². The Kier molecular flexibility index (Phi) is 3.16. The molecule has 16 heavy (non-hydrogen) atoms. The van der Waals surface area contributed by atoms with Crippen LogP contribution in [0.5, 0.6) is 0 Å². The van der Waals surface area contributed by atoms with Crippen molar-refractivity contribution in [2.75, 3.05) is 17.2 Å². The number of para-hydroxylation sites is 1. The van der Waals surface area contributed by atoms with Crippen molar-refractivity contribution in [3.8, 4) is 6.07 Å². The third-order valence-electron chi connectivity index (χ3n) is 2.78. The quantitative estimate of drug-likeness (QED) is 0.791. The summed E-state index contributed by atoms with van der Waals surface area (Å²) in [5, 5.41) is 8.99. The third-order valence-corrected chi connectivity index (χ3v) is 3.30. The predicted octanol–water partition coefficient (Wildman–Crippen LogP) is 1.84. The zero-order valence-corrected chi connectivity index (χ0v) is 9.65. The van der Waals surface area contributed by atoms with Crippen LogP contribution in [0.15, 0.2) is 24.3 Å². The van der Waals surface area contributed by atoms with Gasteiger partial charge in [0.1, 0.15) is 6.07 Å². The standard InChI is InChI=1S/C12H12N2OS/c13-6-10-3-1-2-4-11(10)14-7-9(8-16)5-12(14)15/h1-4,9,16H,5,7-8H2. The van der Waals surface area contributed by atoms with Crippen molar-refractivity contribution in [2.24, 2.45) is 5.92 Å². The molecular formula is C12H12N2OS. The van der Waals surface area contributed by atoms with Crippen LogP contribution in [-0.2, 0) is 4.79 Å². The van der Waals surface area contributed by atoms with Gasteiger partial charge < -0.3 is 4.90 Å². The second-order valence-electron chi connectivity index (χ2n) is 3.89. The summed E-state index contributed by atoms with van der Waals surface area (Å²) in [6, 6.07) is 9.31. The zero-order chi connectivity index (χ0) is 11.5. The van der Waals surface area contributed by atoms with Crippen LogP contribution in [0.3, 0.4) is 0 Å². The van der Waals surface area contributed by atoms with E-state index in [2.05, 4.69) is 18.7 Å². The molecule has 0 aliphatic carbocycles. The van der Waals surface area contributed by atoms with Crippen molar-refractivity contribution in [2.45, 2.75) is 6.42 Å². The first-order valence-corrected chi connectivity index (χ1v) is 5.80. The van der Waals surface area contributed by atoms with Crippen LogP contribution in [0, 0.1) is 17.2 Å². The number of carbonyl (C=O) groups is 1. The zero-order valence-electron chi connectivity index (χ0n) is 8.76. The Morgan fingerprint density at radius 1 is 1.50 bits per heavy atom. The lowest BCUT2D eigenvalue weighted by atomic mass is 10.1. The molecule has 0 spiro atoms. The first-order valence-electron chi connectivity index (χ1n) is 5.16. The Bertz CT molecular complexity index is 453. The molecule has 0 radical (unpaired) electrons. The minimum atomic E-state index is 0.0850. The fourth-order valence-electron chi connectivity index (χ4n) is 1.94. The number of amides is 1. The van der Waals surface area contributed by atoms with Gasteiger partial charge in [0.05, 0.1) is 11.3 Å². The van der Waals surface area contributed by atoms with Gasteiger partial charge in [0.15, 0.2) is 0 Å². The molecule has 1 aliphatic heterocycles. The second-order valence-corrected chi connectivity index (χ2v) is 4.25. The van der Waals surface area contributed by atoms with Crippen molar-refractivity contribution in [1.82, 2.24) is 0 Å². The minimum absolute atomic E-state index is 0.0850. The number of carbonyl (C=O) groups excluding carboxylic acids is 1. The van der Waals surface area contributed by atoms with Crippen LogP contribution in [0.4, 0.5) is 5.69 Å². The third kappa shape index (κ3) is 1.91. The van der Waals surface area contributed by atoms with Crippen LogP contribution in [0.1, 0.15) is 12.0 Å². The molecule has 0 aromatic heterocycles. The average molecular weight is 232 g/mol. The SMILES string of the molecule is N#Cc1ccccc1N1CC(CS)CC1=O. The van der Waals surface area contributed by atoms with E-state index in [0.717, 1.165) is 5.69 Å². The Hall–Kier alpha value is -1.47. The van der Waals surface area contributed by atoms with E-state index in [1.54, 1.807) is 17.0 Å². The Labute approximate surface area is 100 Å². The molecule has 1 aromatic carbocycles. The van der Waals surface area contributed by atoms with E-state index in [1.165, 1.54) is 0 Å². The van der Waals surface area contributed by atoms with E-state index < -0.39 is 0 Å². The fraction of sp³-hybridized carbons (Fsp3) is 0.333. The summed E-state index contributed by atoms with van der Waals surface area (Å²) < 4.78 is 0.